The molecule has 0 aliphatic rings. The maximum Gasteiger partial charge on any atom is 0.328 e. The van der Waals surface area contributed by atoms with Gasteiger partial charge in [-0.3, -0.25) is 4.79 Å². The Bertz CT molecular complexity index is 387. The molecule has 100 valence electrons. The summed E-state index contributed by atoms with van der Waals surface area (Å²) in [5.74, 6) is -0.215. The van der Waals surface area contributed by atoms with Crippen molar-refractivity contribution in [2.24, 2.45) is 5.92 Å². The van der Waals surface area contributed by atoms with Crippen LogP contribution in [0.1, 0.15) is 25.1 Å². The predicted molar refractivity (Wildman–Crippen MR) is 71.4 cm³/mol. The van der Waals surface area contributed by atoms with Crippen molar-refractivity contribution in [3.05, 3.63) is 22.4 Å². The Balaban J connectivity index is 2.54. The highest BCUT2D eigenvalue weighted by atomic mass is 32.1. The van der Waals surface area contributed by atoms with Gasteiger partial charge in [0.1, 0.15) is 6.04 Å². The van der Waals surface area contributed by atoms with E-state index in [1.54, 1.807) is 0 Å². The molecule has 0 saturated carbocycles. The number of hydrogen-bond acceptors (Lipinski definition) is 4. The molecule has 5 heteroatoms. The molecule has 0 saturated heterocycles. The summed E-state index contributed by atoms with van der Waals surface area (Å²) in [5.41, 5.74) is 0. The van der Waals surface area contributed by atoms with Crippen LogP contribution in [0.3, 0.4) is 0 Å². The third kappa shape index (κ3) is 4.87. The number of nitrogens with one attached hydrogen (secondary N) is 1. The van der Waals surface area contributed by atoms with Crippen LogP contribution in [0.5, 0.6) is 0 Å². The second-order valence-electron chi connectivity index (χ2n) is 4.53. The second-order valence-corrected chi connectivity index (χ2v) is 5.56. The normalized spacial score (nSPS) is 12.2. The molecule has 1 rings (SSSR count). The number of methoxy groups -OCH3 is 1. The zero-order valence-corrected chi connectivity index (χ0v) is 11.8. The number of hydrogen-bond donors (Lipinski definition) is 1. The summed E-state index contributed by atoms with van der Waals surface area (Å²) >= 11 is 1.53. The lowest BCUT2D eigenvalue weighted by Crippen LogP contribution is -2.42. The van der Waals surface area contributed by atoms with E-state index in [4.69, 9.17) is 4.74 Å². The number of ether oxygens (including phenoxy) is 1. The van der Waals surface area contributed by atoms with E-state index in [2.05, 4.69) is 5.32 Å². The Morgan fingerprint density at radius 3 is 2.67 bits per heavy atom. The Labute approximate surface area is 111 Å². The number of amides is 1. The van der Waals surface area contributed by atoms with Crippen LogP contribution >= 0.6 is 11.3 Å². The zero-order valence-electron chi connectivity index (χ0n) is 10.9. The molecule has 1 unspecified atom stereocenters. The van der Waals surface area contributed by atoms with Gasteiger partial charge >= 0.3 is 5.97 Å². The molecule has 18 heavy (non-hydrogen) atoms. The fraction of sp³-hybridized carbons (Fsp3) is 0.538. The summed E-state index contributed by atoms with van der Waals surface area (Å²) in [6, 6.07) is 3.25. The molecule has 0 bridgehead atoms. The van der Waals surface area contributed by atoms with E-state index < -0.39 is 6.04 Å². The Hall–Kier alpha value is -1.36. The van der Waals surface area contributed by atoms with E-state index in [-0.39, 0.29) is 11.9 Å². The molecule has 0 spiro atoms. The van der Waals surface area contributed by atoms with Crippen molar-refractivity contribution >= 4 is 23.2 Å². The van der Waals surface area contributed by atoms with Gasteiger partial charge in [-0.15, -0.1) is 11.3 Å². The molecular weight excluding hydrogens is 250 g/mol. The summed E-state index contributed by atoms with van der Waals surface area (Å²) in [4.78, 5) is 24.3. The SMILES string of the molecule is COC(=O)C(CC(C)C)NC(=O)Cc1cccs1. The summed E-state index contributed by atoms with van der Waals surface area (Å²) in [5, 5.41) is 4.66. The van der Waals surface area contributed by atoms with Gasteiger partial charge in [-0.1, -0.05) is 19.9 Å². The van der Waals surface area contributed by atoms with Gasteiger partial charge in [0.25, 0.3) is 0 Å². The van der Waals surface area contributed by atoms with Crippen molar-refractivity contribution in [3.8, 4) is 0 Å². The first kappa shape index (κ1) is 14.7. The van der Waals surface area contributed by atoms with E-state index in [0.29, 0.717) is 18.8 Å². The number of carbonyl (C=O) groups excluding carboxylic acids is 2. The van der Waals surface area contributed by atoms with Gasteiger partial charge in [0.15, 0.2) is 0 Å². The molecule has 1 aromatic heterocycles. The Morgan fingerprint density at radius 2 is 2.17 bits per heavy atom. The third-order valence-corrected chi connectivity index (χ3v) is 3.32. The standard InChI is InChI=1S/C13H19NO3S/c1-9(2)7-11(13(16)17-3)14-12(15)8-10-5-4-6-18-10/h4-6,9,11H,7-8H2,1-3H3,(H,14,15). The van der Waals surface area contributed by atoms with Gasteiger partial charge < -0.3 is 10.1 Å². The van der Waals surface area contributed by atoms with Crippen molar-refractivity contribution in [2.75, 3.05) is 7.11 Å². The number of rotatable bonds is 6. The third-order valence-electron chi connectivity index (χ3n) is 2.44. The predicted octanol–water partition coefficient (Wildman–Crippen LogP) is 1.99. The van der Waals surface area contributed by atoms with E-state index in [9.17, 15) is 9.59 Å². The van der Waals surface area contributed by atoms with Gasteiger partial charge in [-0.05, 0) is 23.8 Å². The summed E-state index contributed by atoms with van der Waals surface area (Å²) in [6.07, 6.45) is 0.895. The lowest BCUT2D eigenvalue weighted by atomic mass is 10.0. The molecule has 0 radical (unpaired) electrons. The lowest BCUT2D eigenvalue weighted by molar-refractivity contribution is -0.145. The summed E-state index contributed by atoms with van der Waals surface area (Å²) < 4.78 is 4.70. The highest BCUT2D eigenvalue weighted by Crippen LogP contribution is 2.10. The number of thiophene rings is 1. The quantitative estimate of drug-likeness (QED) is 0.804. The molecule has 4 nitrogen and oxygen atoms in total. The van der Waals surface area contributed by atoms with Gasteiger partial charge in [-0.2, -0.15) is 0 Å². The molecule has 0 aliphatic carbocycles. The topological polar surface area (TPSA) is 55.4 Å². The van der Waals surface area contributed by atoms with Crippen LogP contribution in [0.15, 0.2) is 17.5 Å². The van der Waals surface area contributed by atoms with Gasteiger partial charge in [0, 0.05) is 4.88 Å². The van der Waals surface area contributed by atoms with E-state index in [0.717, 1.165) is 4.88 Å². The van der Waals surface area contributed by atoms with Crippen LogP contribution in [-0.2, 0) is 20.7 Å². The maximum atomic E-state index is 11.8. The first-order valence-electron chi connectivity index (χ1n) is 5.92. The van der Waals surface area contributed by atoms with Crippen LogP contribution in [0, 0.1) is 5.92 Å². The minimum absolute atomic E-state index is 0.145. The van der Waals surface area contributed by atoms with Crippen molar-refractivity contribution < 1.29 is 14.3 Å². The fourth-order valence-corrected chi connectivity index (χ4v) is 2.35. The average Bonchev–Trinajstić information content (AvgIpc) is 2.79. The largest absolute Gasteiger partial charge is 0.467 e. The molecule has 0 aliphatic heterocycles. The van der Waals surface area contributed by atoms with E-state index >= 15 is 0 Å². The van der Waals surface area contributed by atoms with Crippen molar-refractivity contribution in [1.82, 2.24) is 5.32 Å². The molecule has 0 aromatic carbocycles. The highest BCUT2D eigenvalue weighted by Gasteiger charge is 2.22. The minimum atomic E-state index is -0.553. The monoisotopic (exact) mass is 269 g/mol. The molecule has 1 heterocycles. The Morgan fingerprint density at radius 1 is 1.44 bits per heavy atom. The van der Waals surface area contributed by atoms with Gasteiger partial charge in [-0.25, -0.2) is 4.79 Å². The first-order valence-corrected chi connectivity index (χ1v) is 6.80. The molecule has 1 aromatic rings. The molecule has 0 fully saturated rings. The minimum Gasteiger partial charge on any atom is -0.467 e. The van der Waals surface area contributed by atoms with Crippen LogP contribution < -0.4 is 5.32 Å². The molecule has 1 atom stereocenters. The maximum absolute atomic E-state index is 11.8. The summed E-state index contributed by atoms with van der Waals surface area (Å²) in [7, 11) is 1.33. The number of esters is 1. The van der Waals surface area contributed by atoms with Crippen LogP contribution in [-0.4, -0.2) is 25.0 Å². The molecular formula is C13H19NO3S. The first-order chi connectivity index (χ1) is 8.52. The highest BCUT2D eigenvalue weighted by molar-refractivity contribution is 7.10. The second kappa shape index (κ2) is 7.16. The van der Waals surface area contributed by atoms with Crippen LogP contribution in [0.2, 0.25) is 0 Å². The molecule has 1 N–H and O–H groups in total. The van der Waals surface area contributed by atoms with Crippen molar-refractivity contribution in [3.63, 3.8) is 0 Å². The van der Waals surface area contributed by atoms with E-state index in [1.807, 2.05) is 31.4 Å². The average molecular weight is 269 g/mol. The molecule has 1 amide bonds. The fourth-order valence-electron chi connectivity index (χ4n) is 1.64. The van der Waals surface area contributed by atoms with Gasteiger partial charge in [0.2, 0.25) is 5.91 Å². The van der Waals surface area contributed by atoms with Crippen LogP contribution in [0.25, 0.3) is 0 Å². The smallest absolute Gasteiger partial charge is 0.328 e. The van der Waals surface area contributed by atoms with E-state index in [1.165, 1.54) is 18.4 Å². The lowest BCUT2D eigenvalue weighted by Gasteiger charge is -2.18. The van der Waals surface area contributed by atoms with Crippen molar-refractivity contribution in [1.29, 1.82) is 0 Å². The summed E-state index contributed by atoms with van der Waals surface area (Å²) in [6.45, 7) is 4.00. The number of carbonyl (C=O) groups is 2. The van der Waals surface area contributed by atoms with Crippen LogP contribution in [0.4, 0.5) is 0 Å². The van der Waals surface area contributed by atoms with Gasteiger partial charge in [0.05, 0.1) is 13.5 Å². The zero-order chi connectivity index (χ0) is 13.5. The Kier molecular flexibility index (Phi) is 5.85. The van der Waals surface area contributed by atoms with Crippen molar-refractivity contribution in [2.45, 2.75) is 32.7 Å².